The number of thioether (sulfide) groups is 1. The fourth-order valence-electron chi connectivity index (χ4n) is 2.67. The zero-order valence-electron chi connectivity index (χ0n) is 16.4. The lowest BCUT2D eigenvalue weighted by atomic mass is 10.1. The highest BCUT2D eigenvalue weighted by molar-refractivity contribution is 14.0. The van der Waals surface area contributed by atoms with Crippen LogP contribution in [0.1, 0.15) is 23.9 Å². The lowest BCUT2D eigenvalue weighted by Crippen LogP contribution is -2.38. The minimum atomic E-state index is 0. The molecular weight excluding hydrogens is 493 g/mol. The molecule has 2 rings (SSSR count). The van der Waals surface area contributed by atoms with E-state index in [1.165, 1.54) is 16.2 Å². The number of aryl methyl sites for hydroxylation is 2. The molecule has 5 nitrogen and oxygen atoms in total. The standard InChI is InChI=1S/C19H28ClN5S.HI/c1-5-21-19(22-11-10-18-14(2)24-25(4)15(18)3)23-12-13-26-17-8-6-16(20)7-9-17;/h6-9H,5,10-13H2,1-4H3,(H2,21,22,23);1H. The Hall–Kier alpha value is -0.930. The number of hydrogen-bond donors (Lipinski definition) is 2. The van der Waals surface area contributed by atoms with Crippen LogP contribution in [-0.4, -0.2) is 41.1 Å². The average Bonchev–Trinajstić information content (AvgIpc) is 2.86. The van der Waals surface area contributed by atoms with Gasteiger partial charge in [0.1, 0.15) is 0 Å². The van der Waals surface area contributed by atoms with Crippen LogP contribution in [0.3, 0.4) is 0 Å². The second kappa shape index (κ2) is 12.5. The molecule has 2 aromatic rings. The molecule has 1 aromatic heterocycles. The Morgan fingerprint density at radius 3 is 2.52 bits per heavy atom. The number of rotatable bonds is 8. The number of hydrogen-bond acceptors (Lipinski definition) is 3. The molecule has 150 valence electrons. The number of halogens is 2. The molecule has 0 saturated heterocycles. The van der Waals surface area contributed by atoms with E-state index in [-0.39, 0.29) is 24.0 Å². The van der Waals surface area contributed by atoms with Crippen LogP contribution in [0.25, 0.3) is 0 Å². The van der Waals surface area contributed by atoms with E-state index in [0.29, 0.717) is 0 Å². The van der Waals surface area contributed by atoms with Crippen LogP contribution in [0.5, 0.6) is 0 Å². The molecule has 0 aliphatic rings. The monoisotopic (exact) mass is 521 g/mol. The van der Waals surface area contributed by atoms with E-state index in [1.807, 2.05) is 36.0 Å². The molecule has 0 unspecified atom stereocenters. The van der Waals surface area contributed by atoms with Crippen LogP contribution in [0, 0.1) is 13.8 Å². The van der Waals surface area contributed by atoms with Crippen LogP contribution in [-0.2, 0) is 13.5 Å². The lowest BCUT2D eigenvalue weighted by Gasteiger charge is -2.11. The number of aliphatic imine (C=N–C) groups is 1. The first-order valence-electron chi connectivity index (χ1n) is 8.91. The van der Waals surface area contributed by atoms with Gasteiger partial charge < -0.3 is 10.6 Å². The Morgan fingerprint density at radius 1 is 1.22 bits per heavy atom. The first-order valence-corrected chi connectivity index (χ1v) is 10.3. The maximum atomic E-state index is 5.91. The summed E-state index contributed by atoms with van der Waals surface area (Å²) in [4.78, 5) is 5.91. The molecule has 0 aliphatic carbocycles. The molecule has 27 heavy (non-hydrogen) atoms. The van der Waals surface area contributed by atoms with Crippen molar-refractivity contribution in [2.45, 2.75) is 32.1 Å². The van der Waals surface area contributed by atoms with Gasteiger partial charge >= 0.3 is 0 Å². The Labute approximate surface area is 188 Å². The highest BCUT2D eigenvalue weighted by Gasteiger charge is 2.08. The highest BCUT2D eigenvalue weighted by Crippen LogP contribution is 2.19. The van der Waals surface area contributed by atoms with Crippen molar-refractivity contribution >= 4 is 53.3 Å². The fourth-order valence-corrected chi connectivity index (χ4v) is 3.56. The summed E-state index contributed by atoms with van der Waals surface area (Å²) in [5, 5.41) is 11.9. The largest absolute Gasteiger partial charge is 0.357 e. The van der Waals surface area contributed by atoms with E-state index >= 15 is 0 Å². The van der Waals surface area contributed by atoms with Gasteiger partial charge in [0.15, 0.2) is 5.96 Å². The average molecular weight is 522 g/mol. The van der Waals surface area contributed by atoms with Crippen LogP contribution in [0.2, 0.25) is 5.02 Å². The number of nitrogens with zero attached hydrogens (tertiary/aromatic N) is 3. The van der Waals surface area contributed by atoms with Crippen molar-refractivity contribution in [3.05, 3.63) is 46.2 Å². The van der Waals surface area contributed by atoms with E-state index in [9.17, 15) is 0 Å². The Kier molecular flexibility index (Phi) is 11.2. The van der Waals surface area contributed by atoms with Crippen molar-refractivity contribution in [1.82, 2.24) is 20.4 Å². The summed E-state index contributed by atoms with van der Waals surface area (Å²) in [5.41, 5.74) is 3.61. The van der Waals surface area contributed by atoms with Gasteiger partial charge in [-0.1, -0.05) is 11.6 Å². The van der Waals surface area contributed by atoms with Gasteiger partial charge in [0.25, 0.3) is 0 Å². The molecular formula is C19H29ClIN5S. The van der Waals surface area contributed by atoms with Gasteiger partial charge in [0, 0.05) is 48.0 Å². The number of guanidine groups is 1. The maximum absolute atomic E-state index is 5.91. The first-order chi connectivity index (χ1) is 12.5. The van der Waals surface area contributed by atoms with Crippen LogP contribution < -0.4 is 10.6 Å². The van der Waals surface area contributed by atoms with Crippen molar-refractivity contribution in [2.24, 2.45) is 12.0 Å². The molecule has 0 radical (unpaired) electrons. The zero-order chi connectivity index (χ0) is 18.9. The molecule has 0 fully saturated rings. The summed E-state index contributed by atoms with van der Waals surface area (Å²) in [5.74, 6) is 1.83. The molecule has 0 atom stereocenters. The summed E-state index contributed by atoms with van der Waals surface area (Å²) in [7, 11) is 1.99. The molecule has 8 heteroatoms. The Balaban J connectivity index is 0.00000364. The van der Waals surface area contributed by atoms with Crippen LogP contribution in [0.4, 0.5) is 0 Å². The smallest absolute Gasteiger partial charge is 0.191 e. The van der Waals surface area contributed by atoms with Crippen LogP contribution in [0.15, 0.2) is 34.2 Å². The summed E-state index contributed by atoms with van der Waals surface area (Å²) in [6, 6.07) is 7.94. The van der Waals surface area contributed by atoms with Gasteiger partial charge in [-0.3, -0.25) is 9.67 Å². The van der Waals surface area contributed by atoms with Crippen molar-refractivity contribution in [1.29, 1.82) is 0 Å². The third-order valence-corrected chi connectivity index (χ3v) is 5.38. The van der Waals surface area contributed by atoms with Crippen molar-refractivity contribution in [3.8, 4) is 0 Å². The number of benzene rings is 1. The molecule has 2 N–H and O–H groups in total. The normalized spacial score (nSPS) is 11.2. The molecule has 0 amide bonds. The second-order valence-electron chi connectivity index (χ2n) is 6.01. The SMILES string of the molecule is CCNC(=NCCc1c(C)nn(C)c1C)NCCSc1ccc(Cl)cc1.I. The minimum Gasteiger partial charge on any atom is -0.357 e. The summed E-state index contributed by atoms with van der Waals surface area (Å²) >= 11 is 7.71. The van der Waals surface area contributed by atoms with Gasteiger partial charge in [-0.2, -0.15) is 5.10 Å². The summed E-state index contributed by atoms with van der Waals surface area (Å²) in [6.07, 6.45) is 0.904. The van der Waals surface area contributed by atoms with E-state index in [2.05, 4.69) is 41.5 Å². The van der Waals surface area contributed by atoms with E-state index in [0.717, 1.165) is 48.5 Å². The maximum Gasteiger partial charge on any atom is 0.191 e. The van der Waals surface area contributed by atoms with Crippen molar-refractivity contribution in [2.75, 3.05) is 25.4 Å². The van der Waals surface area contributed by atoms with E-state index in [1.54, 1.807) is 11.8 Å². The third-order valence-electron chi connectivity index (χ3n) is 4.11. The molecule has 1 heterocycles. The molecule has 0 spiro atoms. The molecule has 0 aliphatic heterocycles. The van der Waals surface area contributed by atoms with Crippen molar-refractivity contribution in [3.63, 3.8) is 0 Å². The Morgan fingerprint density at radius 2 is 1.93 bits per heavy atom. The van der Waals surface area contributed by atoms with Crippen molar-refractivity contribution < 1.29 is 0 Å². The van der Waals surface area contributed by atoms with E-state index < -0.39 is 0 Å². The van der Waals surface area contributed by atoms with Gasteiger partial charge in [0.05, 0.1) is 5.69 Å². The molecule has 0 bridgehead atoms. The van der Waals surface area contributed by atoms with Crippen LogP contribution >= 0.6 is 47.3 Å². The summed E-state index contributed by atoms with van der Waals surface area (Å²) < 4.78 is 1.94. The zero-order valence-corrected chi connectivity index (χ0v) is 20.3. The van der Waals surface area contributed by atoms with Gasteiger partial charge in [-0.25, -0.2) is 0 Å². The highest BCUT2D eigenvalue weighted by atomic mass is 127. The predicted octanol–water partition coefficient (Wildman–Crippen LogP) is 4.20. The van der Waals surface area contributed by atoms with E-state index in [4.69, 9.17) is 11.6 Å². The fraction of sp³-hybridized carbons (Fsp3) is 0.474. The quantitative estimate of drug-likeness (QED) is 0.180. The molecule has 1 aromatic carbocycles. The van der Waals surface area contributed by atoms with Gasteiger partial charge in [-0.15, -0.1) is 35.7 Å². The first kappa shape index (κ1) is 24.1. The van der Waals surface area contributed by atoms with Gasteiger partial charge in [-0.05, 0) is 57.0 Å². The predicted molar refractivity (Wildman–Crippen MR) is 128 cm³/mol. The Bertz CT molecular complexity index is 730. The van der Waals surface area contributed by atoms with Gasteiger partial charge in [0.2, 0.25) is 0 Å². The number of aromatic nitrogens is 2. The molecule has 0 saturated carbocycles. The lowest BCUT2D eigenvalue weighted by molar-refractivity contribution is 0.729. The summed E-state index contributed by atoms with van der Waals surface area (Å²) in [6.45, 7) is 8.69. The second-order valence-corrected chi connectivity index (χ2v) is 7.62. The third kappa shape index (κ3) is 7.91. The topological polar surface area (TPSA) is 54.2 Å². The minimum absolute atomic E-state index is 0. The number of nitrogens with one attached hydrogen (secondary N) is 2.